The zero-order valence-electron chi connectivity index (χ0n) is 14.6. The summed E-state index contributed by atoms with van der Waals surface area (Å²) in [5, 5.41) is 19.1. The third-order valence-corrected chi connectivity index (χ3v) is 4.13. The van der Waals surface area contributed by atoms with Gasteiger partial charge < -0.3 is 21.3 Å². The second-order valence-electron chi connectivity index (χ2n) is 5.83. The van der Waals surface area contributed by atoms with Crippen LogP contribution in [0.25, 0.3) is 0 Å². The highest BCUT2D eigenvalue weighted by molar-refractivity contribution is 9.20. The van der Waals surface area contributed by atoms with Gasteiger partial charge in [-0.3, -0.25) is 14.4 Å². The average Bonchev–Trinajstić information content (AvgIpc) is 2.37. The fourth-order valence-corrected chi connectivity index (χ4v) is 0.575. The number of nitrogens with one attached hydrogen (secondary N) is 1. The van der Waals surface area contributed by atoms with Crippen molar-refractivity contribution >= 4 is 70.3 Å². The standard InChI is InChI=1S/C7H12BrNO3.C4H9NO2.C3H3Br2O/c1-4(8)5(10)9-7(2,3)6(11)12;1-4(2,5)3(6)7;1-2(4)3(5)6/h4H,1-3H3,(H,9,10)(H,11,12);5H2,1-2H3,(H,6,7);2H,1H2/q;;+1. The molecule has 2 atom stereocenters. The van der Waals surface area contributed by atoms with Crippen molar-refractivity contribution < 1.29 is 29.4 Å². The van der Waals surface area contributed by atoms with Gasteiger partial charge in [-0.15, -0.1) is 0 Å². The molecule has 146 valence electrons. The molecule has 0 aromatic rings. The molecule has 8 nitrogen and oxygen atoms in total. The Hall–Kier alpha value is -0.650. The molecule has 0 saturated heterocycles. The quantitative estimate of drug-likeness (QED) is 0.231. The van der Waals surface area contributed by atoms with Crippen LogP contribution in [0.1, 0.15) is 34.6 Å². The summed E-state index contributed by atoms with van der Waals surface area (Å²) in [7, 11) is 0. The highest BCUT2D eigenvalue weighted by atomic mass is 79.9. The van der Waals surface area contributed by atoms with E-state index in [0.717, 1.165) is 0 Å². The van der Waals surface area contributed by atoms with Gasteiger partial charge in [0.15, 0.2) is 0 Å². The lowest BCUT2D eigenvalue weighted by Crippen LogP contribution is -2.51. The number of rotatable bonds is 5. The number of aliphatic carboxylic acids is 2. The minimum absolute atomic E-state index is 0.123. The van der Waals surface area contributed by atoms with Crippen LogP contribution in [0.2, 0.25) is 0 Å². The number of carboxylic acid groups (broad SMARTS) is 2. The summed E-state index contributed by atoms with van der Waals surface area (Å²) < 4.78 is -0.123. The van der Waals surface area contributed by atoms with Gasteiger partial charge in [0, 0.05) is 0 Å². The molecule has 0 fully saturated rings. The maximum atomic E-state index is 11.0. The molecular weight excluding hydrogens is 532 g/mol. The highest BCUT2D eigenvalue weighted by Gasteiger charge is 2.29. The molecule has 0 radical (unpaired) electrons. The first-order valence-electron chi connectivity index (χ1n) is 6.74. The Labute approximate surface area is 172 Å². The molecule has 5 N–H and O–H groups in total. The molecule has 0 heterocycles. The molecule has 25 heavy (non-hydrogen) atoms. The van der Waals surface area contributed by atoms with Gasteiger partial charge in [0.1, 0.15) is 11.1 Å². The van der Waals surface area contributed by atoms with Crippen LogP contribution in [0.5, 0.6) is 0 Å². The van der Waals surface area contributed by atoms with E-state index in [4.69, 9.17) is 15.9 Å². The number of carbonyl (C=O) groups excluding carboxylic acids is 2. The lowest BCUT2D eigenvalue weighted by atomic mass is 10.1. The smallest absolute Gasteiger partial charge is 0.328 e. The third-order valence-electron chi connectivity index (χ3n) is 2.13. The summed E-state index contributed by atoms with van der Waals surface area (Å²) in [6, 6.07) is 0. The molecule has 11 heteroatoms. The van der Waals surface area contributed by atoms with E-state index in [-0.39, 0.29) is 20.3 Å². The number of carbonyl (C=O) groups is 4. The predicted molar refractivity (Wildman–Crippen MR) is 106 cm³/mol. The van der Waals surface area contributed by atoms with Crippen molar-refractivity contribution in [3.05, 3.63) is 6.92 Å². The Morgan fingerprint density at radius 1 is 1.04 bits per heavy atom. The van der Waals surface area contributed by atoms with Crippen LogP contribution < -0.4 is 11.1 Å². The molecule has 0 aliphatic heterocycles. The number of nitrogens with two attached hydrogens (primary N) is 1. The van der Waals surface area contributed by atoms with E-state index in [0.29, 0.717) is 0 Å². The summed E-state index contributed by atoms with van der Waals surface area (Å²) in [6.07, 6.45) is 0. The first-order valence-corrected chi connectivity index (χ1v) is 9.37. The van der Waals surface area contributed by atoms with Crippen molar-refractivity contribution in [1.82, 2.24) is 5.32 Å². The van der Waals surface area contributed by atoms with E-state index in [1.54, 1.807) is 6.92 Å². The molecule has 0 aromatic heterocycles. The van der Waals surface area contributed by atoms with Gasteiger partial charge in [0.05, 0.1) is 11.8 Å². The third kappa shape index (κ3) is 18.0. The number of hydrogen-bond donors (Lipinski definition) is 4. The zero-order chi connectivity index (χ0) is 21.2. The largest absolute Gasteiger partial charge is 0.480 e. The van der Waals surface area contributed by atoms with Crippen molar-refractivity contribution in [1.29, 1.82) is 0 Å². The van der Waals surface area contributed by atoms with Crippen molar-refractivity contribution in [3.63, 3.8) is 0 Å². The number of alkyl halides is 2. The zero-order valence-corrected chi connectivity index (χ0v) is 19.4. The van der Waals surface area contributed by atoms with Crippen LogP contribution in [0, 0.1) is 6.92 Å². The Balaban J connectivity index is -0.000000317. The summed E-state index contributed by atoms with van der Waals surface area (Å²) in [5.74, 6) is -2.36. The predicted octanol–water partition coefficient (Wildman–Crippen LogP) is 2.06. The van der Waals surface area contributed by atoms with Crippen LogP contribution in [-0.4, -0.2) is 53.5 Å². The average molecular weight is 556 g/mol. The molecule has 0 spiro atoms. The Kier molecular flexibility index (Phi) is 14.8. The Morgan fingerprint density at radius 3 is 1.44 bits per heavy atom. The molecule has 2 unspecified atom stereocenters. The van der Waals surface area contributed by atoms with Gasteiger partial charge in [-0.25, -0.2) is 4.79 Å². The van der Waals surface area contributed by atoms with Gasteiger partial charge in [-0.05, 0) is 66.5 Å². The van der Waals surface area contributed by atoms with E-state index in [9.17, 15) is 19.2 Å². The highest BCUT2D eigenvalue weighted by Crippen LogP contribution is 2.05. The Bertz CT molecular complexity index is 474. The normalized spacial score (nSPS) is 13.0. The van der Waals surface area contributed by atoms with Crippen molar-refractivity contribution in [2.24, 2.45) is 5.73 Å². The number of halogens is 3. The van der Waals surface area contributed by atoms with Gasteiger partial charge in [0.25, 0.3) is 4.69 Å². The molecule has 0 rings (SSSR count). The second-order valence-corrected chi connectivity index (χ2v) is 9.09. The van der Waals surface area contributed by atoms with Gasteiger partial charge in [0.2, 0.25) is 10.7 Å². The maximum Gasteiger partial charge on any atom is 0.328 e. The van der Waals surface area contributed by atoms with Gasteiger partial charge >= 0.3 is 11.9 Å². The molecule has 0 bridgehead atoms. The van der Waals surface area contributed by atoms with Crippen LogP contribution in [0.4, 0.5) is 0 Å². The van der Waals surface area contributed by atoms with E-state index in [1.165, 1.54) is 27.7 Å². The van der Waals surface area contributed by atoms with Gasteiger partial charge in [-0.2, -0.15) is 0 Å². The minimum atomic E-state index is -1.21. The Morgan fingerprint density at radius 2 is 1.32 bits per heavy atom. The molecular formula is C14H24Br3N2O6+. The number of carboxylic acids is 2. The molecule has 1 amide bonds. The molecule has 0 aliphatic rings. The minimum Gasteiger partial charge on any atom is -0.480 e. The van der Waals surface area contributed by atoms with E-state index in [2.05, 4.69) is 60.0 Å². The van der Waals surface area contributed by atoms with Crippen molar-refractivity contribution in [3.8, 4) is 0 Å². The lowest BCUT2D eigenvalue weighted by Gasteiger charge is -2.21. The topological polar surface area (TPSA) is 147 Å². The molecule has 0 aliphatic carbocycles. The SMILES string of the molecule is CC(Br)C(=O)NC(C)(C)C(=O)O.CC(C)(N)C(=O)O.[CH2+]C(Br)C(=O)Br. The summed E-state index contributed by atoms with van der Waals surface area (Å²) in [5.41, 5.74) is 2.79. The van der Waals surface area contributed by atoms with Crippen LogP contribution in [0.3, 0.4) is 0 Å². The van der Waals surface area contributed by atoms with E-state index >= 15 is 0 Å². The van der Waals surface area contributed by atoms with Crippen molar-refractivity contribution in [2.45, 2.75) is 55.4 Å². The van der Waals surface area contributed by atoms with E-state index in [1.807, 2.05) is 0 Å². The maximum absolute atomic E-state index is 11.0. The molecule has 0 aromatic carbocycles. The monoisotopic (exact) mass is 553 g/mol. The molecule has 0 saturated carbocycles. The lowest BCUT2D eigenvalue weighted by molar-refractivity contribution is -0.145. The number of hydrogen-bond acceptors (Lipinski definition) is 5. The van der Waals surface area contributed by atoms with Crippen LogP contribution >= 0.6 is 47.8 Å². The van der Waals surface area contributed by atoms with Gasteiger partial charge in [-0.1, -0.05) is 15.9 Å². The van der Waals surface area contributed by atoms with Crippen molar-refractivity contribution in [2.75, 3.05) is 0 Å². The first-order chi connectivity index (χ1) is 10.9. The summed E-state index contributed by atoms with van der Waals surface area (Å²) in [4.78, 5) is 40.8. The van der Waals surface area contributed by atoms with Crippen LogP contribution in [-0.2, 0) is 19.2 Å². The van der Waals surface area contributed by atoms with Crippen LogP contribution in [0.15, 0.2) is 0 Å². The first kappa shape index (κ1) is 29.1. The summed E-state index contributed by atoms with van der Waals surface area (Å²) >= 11 is 8.66. The summed E-state index contributed by atoms with van der Waals surface area (Å²) in [6.45, 7) is 10.7. The number of amides is 1. The fraction of sp³-hybridized carbons (Fsp3) is 0.643. The van der Waals surface area contributed by atoms with E-state index < -0.39 is 23.0 Å². The fourth-order valence-electron chi connectivity index (χ4n) is 0.461. The second kappa shape index (κ2) is 12.7.